The number of nitrogens with zero attached hydrogens (tertiary/aromatic N) is 2. The molecule has 0 amide bonds. The van der Waals surface area contributed by atoms with Crippen molar-refractivity contribution < 1.29 is 0 Å². The third-order valence-corrected chi connectivity index (χ3v) is 6.63. The van der Waals surface area contributed by atoms with Crippen molar-refractivity contribution in [3.8, 4) is 0 Å². The Bertz CT molecular complexity index is 1140. The highest BCUT2D eigenvalue weighted by atomic mass is 32.1. The largest absolute Gasteiger partial charge is 0.356 e. The van der Waals surface area contributed by atoms with Crippen LogP contribution in [0.3, 0.4) is 0 Å². The summed E-state index contributed by atoms with van der Waals surface area (Å²) in [4.78, 5) is 20.5. The van der Waals surface area contributed by atoms with Crippen molar-refractivity contribution in [2.24, 2.45) is 0 Å². The lowest BCUT2D eigenvalue weighted by molar-refractivity contribution is 0.262. The van der Waals surface area contributed by atoms with E-state index in [0.29, 0.717) is 11.7 Å². The first kappa shape index (κ1) is 24.9. The molecule has 1 aromatic heterocycles. The van der Waals surface area contributed by atoms with Crippen LogP contribution in [0, 0.1) is 13.8 Å². The topological polar surface area (TPSA) is 51.4 Å². The van der Waals surface area contributed by atoms with E-state index >= 15 is 0 Å². The van der Waals surface area contributed by atoms with Gasteiger partial charge < -0.3 is 20.1 Å². The van der Waals surface area contributed by atoms with Gasteiger partial charge in [-0.2, -0.15) is 0 Å². The van der Waals surface area contributed by atoms with Crippen molar-refractivity contribution in [1.29, 1.82) is 0 Å². The lowest BCUT2D eigenvalue weighted by Crippen LogP contribution is -2.44. The second-order valence-electron chi connectivity index (χ2n) is 8.70. The highest BCUT2D eigenvalue weighted by Crippen LogP contribution is 2.19. The number of likely N-dealkylation sites (N-methyl/N-ethyl adjacent to an activating group) is 1. The van der Waals surface area contributed by atoms with E-state index in [-0.39, 0.29) is 11.6 Å². The van der Waals surface area contributed by atoms with Gasteiger partial charge in [0.15, 0.2) is 5.11 Å². The second kappa shape index (κ2) is 11.4. The van der Waals surface area contributed by atoms with Gasteiger partial charge >= 0.3 is 0 Å². The minimum atomic E-state index is -0.0563. The quantitative estimate of drug-likeness (QED) is 0.440. The van der Waals surface area contributed by atoms with Crippen LogP contribution in [-0.4, -0.2) is 46.1 Å². The third kappa shape index (κ3) is 6.42. The molecule has 0 aliphatic carbocycles. The Morgan fingerprint density at radius 1 is 1.06 bits per heavy atom. The van der Waals surface area contributed by atoms with E-state index in [0.717, 1.165) is 53.8 Å². The zero-order chi connectivity index (χ0) is 24.0. The molecule has 0 radical (unpaired) electrons. The van der Waals surface area contributed by atoms with Crippen LogP contribution >= 0.6 is 12.2 Å². The molecular weight excluding hydrogens is 428 g/mol. The van der Waals surface area contributed by atoms with Gasteiger partial charge in [0.1, 0.15) is 0 Å². The van der Waals surface area contributed by atoms with Gasteiger partial charge in [-0.25, -0.2) is 0 Å². The molecule has 0 saturated heterocycles. The Balaban J connectivity index is 1.86. The lowest BCUT2D eigenvalue weighted by atomic mass is 10.0. The van der Waals surface area contributed by atoms with Crippen LogP contribution in [0.4, 0.5) is 0 Å². The molecule has 3 rings (SSSR count). The van der Waals surface area contributed by atoms with E-state index in [1.807, 2.05) is 37.3 Å². The Hall–Kier alpha value is -2.70. The van der Waals surface area contributed by atoms with E-state index in [1.54, 1.807) is 0 Å². The SMILES string of the molecule is CCN(CC)CCN(Cc1cc2c(C)cc(C)cc2[nH]c1=O)C(=S)N[C@H](C)c1ccccc1. The highest BCUT2D eigenvalue weighted by molar-refractivity contribution is 7.80. The van der Waals surface area contributed by atoms with Crippen molar-refractivity contribution in [2.75, 3.05) is 26.2 Å². The van der Waals surface area contributed by atoms with E-state index < -0.39 is 0 Å². The number of thiocarbonyl (C=S) groups is 1. The van der Waals surface area contributed by atoms with Crippen molar-refractivity contribution in [3.05, 3.63) is 81.1 Å². The zero-order valence-corrected chi connectivity index (χ0v) is 21.3. The predicted molar refractivity (Wildman–Crippen MR) is 143 cm³/mol. The highest BCUT2D eigenvalue weighted by Gasteiger charge is 2.17. The van der Waals surface area contributed by atoms with Crippen LogP contribution in [0.15, 0.2) is 53.3 Å². The Labute approximate surface area is 202 Å². The summed E-state index contributed by atoms with van der Waals surface area (Å²) in [5.74, 6) is 0. The van der Waals surface area contributed by atoms with Crippen LogP contribution < -0.4 is 10.9 Å². The molecule has 0 unspecified atom stereocenters. The maximum Gasteiger partial charge on any atom is 0.253 e. The fourth-order valence-corrected chi connectivity index (χ4v) is 4.53. The van der Waals surface area contributed by atoms with Gasteiger partial charge in [-0.3, -0.25) is 4.79 Å². The summed E-state index contributed by atoms with van der Waals surface area (Å²) in [5.41, 5.74) is 5.04. The molecule has 0 aliphatic rings. The van der Waals surface area contributed by atoms with Crippen molar-refractivity contribution in [1.82, 2.24) is 20.1 Å². The van der Waals surface area contributed by atoms with Crippen molar-refractivity contribution in [3.63, 3.8) is 0 Å². The zero-order valence-electron chi connectivity index (χ0n) is 20.4. The molecule has 3 aromatic rings. The Morgan fingerprint density at radius 3 is 2.42 bits per heavy atom. The molecule has 0 bridgehead atoms. The van der Waals surface area contributed by atoms with E-state index in [9.17, 15) is 4.79 Å². The molecule has 2 N–H and O–H groups in total. The number of hydrogen-bond acceptors (Lipinski definition) is 3. The second-order valence-corrected chi connectivity index (χ2v) is 9.08. The molecule has 0 fully saturated rings. The minimum Gasteiger partial charge on any atom is -0.356 e. The first-order valence-corrected chi connectivity index (χ1v) is 12.2. The number of benzene rings is 2. The van der Waals surface area contributed by atoms with Crippen LogP contribution in [0.2, 0.25) is 0 Å². The number of hydrogen-bond donors (Lipinski definition) is 2. The molecule has 0 saturated carbocycles. The summed E-state index contributed by atoms with van der Waals surface area (Å²) < 4.78 is 0. The molecule has 0 spiro atoms. The van der Waals surface area contributed by atoms with Crippen LogP contribution in [0.1, 0.15) is 49.1 Å². The number of nitrogens with one attached hydrogen (secondary N) is 2. The van der Waals surface area contributed by atoms with Gasteiger partial charge in [-0.05, 0) is 74.9 Å². The van der Waals surface area contributed by atoms with Gasteiger partial charge in [0.2, 0.25) is 0 Å². The molecule has 1 heterocycles. The molecule has 0 aliphatic heterocycles. The summed E-state index contributed by atoms with van der Waals surface area (Å²) in [7, 11) is 0. The number of pyridine rings is 1. The number of fused-ring (bicyclic) bond motifs is 1. The fraction of sp³-hybridized carbons (Fsp3) is 0.407. The smallest absolute Gasteiger partial charge is 0.253 e. The maximum absolute atomic E-state index is 13.0. The average molecular weight is 465 g/mol. The van der Waals surface area contributed by atoms with Gasteiger partial charge in [-0.1, -0.05) is 50.2 Å². The summed E-state index contributed by atoms with van der Waals surface area (Å²) in [6, 6.07) is 16.6. The molecule has 1 atom stereocenters. The van der Waals surface area contributed by atoms with Gasteiger partial charge in [-0.15, -0.1) is 0 Å². The molecule has 5 nitrogen and oxygen atoms in total. The van der Waals surface area contributed by atoms with E-state index in [2.05, 4.69) is 66.0 Å². The first-order chi connectivity index (χ1) is 15.8. The number of aromatic amines is 1. The van der Waals surface area contributed by atoms with Gasteiger partial charge in [0.05, 0.1) is 12.6 Å². The lowest BCUT2D eigenvalue weighted by Gasteiger charge is -2.30. The Morgan fingerprint density at radius 2 is 1.76 bits per heavy atom. The van der Waals surface area contributed by atoms with Crippen LogP contribution in [0.25, 0.3) is 10.9 Å². The molecule has 33 heavy (non-hydrogen) atoms. The summed E-state index contributed by atoms with van der Waals surface area (Å²) in [6.45, 7) is 14.7. The number of aromatic nitrogens is 1. The predicted octanol–water partition coefficient (Wildman–Crippen LogP) is 4.92. The standard InChI is InChI=1S/C27H36N4OS/c1-6-30(7-2)13-14-31(27(33)28-21(5)22-11-9-8-10-12-22)18-23-17-24-20(4)15-19(3)16-25(24)29-26(23)32/h8-12,15-17,21H,6-7,13-14,18H2,1-5H3,(H,28,33)(H,29,32)/t21-/m1/s1. The number of aryl methyl sites for hydroxylation is 2. The number of H-pyrrole nitrogens is 1. The molecule has 2 aromatic carbocycles. The van der Waals surface area contributed by atoms with Crippen molar-refractivity contribution >= 4 is 28.2 Å². The number of rotatable bonds is 9. The maximum atomic E-state index is 13.0. The van der Waals surface area contributed by atoms with Crippen molar-refractivity contribution in [2.45, 2.75) is 47.2 Å². The fourth-order valence-electron chi connectivity index (χ4n) is 4.20. The summed E-state index contributed by atoms with van der Waals surface area (Å²) in [5, 5.41) is 5.22. The normalized spacial score (nSPS) is 12.2. The Kier molecular flexibility index (Phi) is 8.64. The van der Waals surface area contributed by atoms with Gasteiger partial charge in [0, 0.05) is 29.6 Å². The summed E-state index contributed by atoms with van der Waals surface area (Å²) >= 11 is 5.84. The van der Waals surface area contributed by atoms with E-state index in [1.165, 1.54) is 5.56 Å². The minimum absolute atomic E-state index is 0.0563. The molecular formula is C27H36N4OS. The monoisotopic (exact) mass is 464 g/mol. The molecule has 176 valence electrons. The van der Waals surface area contributed by atoms with Crippen LogP contribution in [0.5, 0.6) is 0 Å². The summed E-state index contributed by atoms with van der Waals surface area (Å²) in [6.07, 6.45) is 0. The molecule has 6 heteroatoms. The van der Waals surface area contributed by atoms with Gasteiger partial charge in [0.25, 0.3) is 5.56 Å². The van der Waals surface area contributed by atoms with E-state index in [4.69, 9.17) is 12.2 Å². The average Bonchev–Trinajstić information content (AvgIpc) is 2.79. The first-order valence-electron chi connectivity index (χ1n) is 11.8. The third-order valence-electron chi connectivity index (χ3n) is 6.26. The van der Waals surface area contributed by atoms with Crippen LogP contribution in [-0.2, 0) is 6.54 Å².